The quantitative estimate of drug-likeness (QED) is 0.874. The van der Waals surface area contributed by atoms with Crippen molar-refractivity contribution in [3.63, 3.8) is 0 Å². The molecule has 88 valence electrons. The Bertz CT molecular complexity index is 342. The van der Waals surface area contributed by atoms with Gasteiger partial charge in [-0.2, -0.15) is 11.8 Å². The molecule has 0 fully saturated rings. The Kier molecular flexibility index (Phi) is 4.13. The molecule has 0 saturated heterocycles. The molecule has 0 bridgehead atoms. The maximum atomic E-state index is 10.1. The zero-order chi connectivity index (χ0) is 11.4. The van der Waals surface area contributed by atoms with Gasteiger partial charge in [-0.15, -0.1) is 0 Å². The van der Waals surface area contributed by atoms with Crippen molar-refractivity contribution in [2.75, 3.05) is 30.0 Å². The first-order valence-electron chi connectivity index (χ1n) is 5.84. The van der Waals surface area contributed by atoms with Crippen molar-refractivity contribution in [3.05, 3.63) is 29.8 Å². The van der Waals surface area contributed by atoms with Gasteiger partial charge in [0, 0.05) is 30.1 Å². The first-order chi connectivity index (χ1) is 7.83. The van der Waals surface area contributed by atoms with Crippen LogP contribution in [0.3, 0.4) is 0 Å². The summed E-state index contributed by atoms with van der Waals surface area (Å²) in [6, 6.07) is 8.25. The molecule has 0 saturated carbocycles. The van der Waals surface area contributed by atoms with E-state index in [0.717, 1.165) is 37.2 Å². The normalized spacial score (nSPS) is 20.4. The van der Waals surface area contributed by atoms with Crippen LogP contribution in [0.25, 0.3) is 0 Å². The molecule has 1 aromatic rings. The molecule has 2 nitrogen and oxygen atoms in total. The monoisotopic (exact) mass is 237 g/mol. The van der Waals surface area contributed by atoms with Crippen molar-refractivity contribution in [3.8, 4) is 0 Å². The lowest BCUT2D eigenvalue weighted by Crippen LogP contribution is -2.26. The Hall–Kier alpha value is -0.670. The number of hydrogen-bond acceptors (Lipinski definition) is 3. The van der Waals surface area contributed by atoms with Gasteiger partial charge in [0.25, 0.3) is 0 Å². The number of fused-ring (bicyclic) bond motifs is 1. The molecule has 1 heterocycles. The van der Waals surface area contributed by atoms with Crippen molar-refractivity contribution < 1.29 is 5.11 Å². The van der Waals surface area contributed by atoms with Gasteiger partial charge >= 0.3 is 0 Å². The van der Waals surface area contributed by atoms with E-state index < -0.39 is 0 Å². The van der Waals surface area contributed by atoms with E-state index in [0.29, 0.717) is 0 Å². The lowest BCUT2D eigenvalue weighted by Gasteiger charge is -2.24. The van der Waals surface area contributed by atoms with Crippen LogP contribution < -0.4 is 4.90 Å². The molecule has 1 aromatic carbocycles. The fraction of sp³-hybridized carbons (Fsp3) is 0.538. The molecular weight excluding hydrogens is 218 g/mol. The summed E-state index contributed by atoms with van der Waals surface area (Å²) in [5.41, 5.74) is 2.32. The van der Waals surface area contributed by atoms with Crippen LogP contribution in [0, 0.1) is 0 Å². The molecule has 0 amide bonds. The summed E-state index contributed by atoms with van der Waals surface area (Å²) in [5.74, 6) is 1.14. The highest BCUT2D eigenvalue weighted by atomic mass is 32.2. The largest absolute Gasteiger partial charge is 0.388 e. The third kappa shape index (κ3) is 2.53. The third-order valence-electron chi connectivity index (χ3n) is 3.11. The second-order valence-corrected chi connectivity index (χ2v) is 5.18. The number of thioether (sulfide) groups is 1. The number of hydrogen-bond donors (Lipinski definition) is 1. The van der Waals surface area contributed by atoms with Gasteiger partial charge in [0.15, 0.2) is 0 Å². The van der Waals surface area contributed by atoms with Crippen molar-refractivity contribution in [2.45, 2.75) is 18.9 Å². The highest BCUT2D eigenvalue weighted by Crippen LogP contribution is 2.32. The smallest absolute Gasteiger partial charge is 0.0810 e. The highest BCUT2D eigenvalue weighted by Gasteiger charge is 2.20. The summed E-state index contributed by atoms with van der Waals surface area (Å²) in [4.78, 5) is 2.40. The average molecular weight is 237 g/mol. The molecule has 16 heavy (non-hydrogen) atoms. The minimum atomic E-state index is -0.282. The molecule has 1 aliphatic rings. The Morgan fingerprint density at radius 1 is 1.44 bits per heavy atom. The van der Waals surface area contributed by atoms with Gasteiger partial charge in [0.2, 0.25) is 0 Å². The Morgan fingerprint density at radius 2 is 2.25 bits per heavy atom. The molecule has 2 rings (SSSR count). The number of aliphatic hydroxyl groups excluding tert-OH is 1. The topological polar surface area (TPSA) is 23.5 Å². The molecule has 1 aliphatic heterocycles. The maximum absolute atomic E-state index is 10.1. The number of benzene rings is 1. The first kappa shape index (κ1) is 11.8. The minimum absolute atomic E-state index is 0.282. The van der Waals surface area contributed by atoms with Crippen molar-refractivity contribution >= 4 is 17.4 Å². The van der Waals surface area contributed by atoms with E-state index in [2.05, 4.69) is 29.4 Å². The fourth-order valence-corrected chi connectivity index (χ4v) is 2.65. The third-order valence-corrected chi connectivity index (χ3v) is 3.70. The molecule has 0 aliphatic carbocycles. The summed E-state index contributed by atoms with van der Waals surface area (Å²) < 4.78 is 0. The van der Waals surface area contributed by atoms with Crippen LogP contribution in [0.4, 0.5) is 5.69 Å². The van der Waals surface area contributed by atoms with Gasteiger partial charge in [-0.05, 0) is 25.2 Å². The molecule has 1 N–H and O–H groups in total. The second-order valence-electron chi connectivity index (χ2n) is 4.20. The molecule has 0 aromatic heterocycles. The Labute approximate surface area is 102 Å². The van der Waals surface area contributed by atoms with Crippen LogP contribution in [-0.4, -0.2) is 30.2 Å². The van der Waals surface area contributed by atoms with E-state index in [9.17, 15) is 5.11 Å². The molecule has 3 heteroatoms. The molecule has 1 atom stereocenters. The first-order valence-corrected chi connectivity index (χ1v) is 7.23. The summed E-state index contributed by atoms with van der Waals surface area (Å²) in [7, 11) is 0. The zero-order valence-corrected chi connectivity index (χ0v) is 10.5. The van der Waals surface area contributed by atoms with E-state index in [1.165, 1.54) is 5.69 Å². The summed E-state index contributed by atoms with van der Waals surface area (Å²) >= 11 is 1.87. The summed E-state index contributed by atoms with van der Waals surface area (Å²) in [6.45, 7) is 2.14. The molecule has 1 unspecified atom stereocenters. The van der Waals surface area contributed by atoms with Gasteiger partial charge in [0.1, 0.15) is 0 Å². The Morgan fingerprint density at radius 3 is 3.06 bits per heavy atom. The van der Waals surface area contributed by atoms with Crippen molar-refractivity contribution in [1.29, 1.82) is 0 Å². The van der Waals surface area contributed by atoms with Gasteiger partial charge in [-0.25, -0.2) is 0 Å². The molecule has 0 radical (unpaired) electrons. The second kappa shape index (κ2) is 5.60. The van der Waals surface area contributed by atoms with E-state index in [4.69, 9.17) is 0 Å². The lowest BCUT2D eigenvalue weighted by atomic mass is 10.0. The minimum Gasteiger partial charge on any atom is -0.388 e. The number of nitrogens with zero attached hydrogens (tertiary/aromatic N) is 1. The summed E-state index contributed by atoms with van der Waals surface area (Å²) in [5, 5.41) is 10.1. The SMILES string of the molecule is CSCCN1CCCC(O)c2ccccc21. The van der Waals surface area contributed by atoms with Crippen LogP contribution >= 0.6 is 11.8 Å². The number of para-hydroxylation sites is 1. The predicted octanol–water partition coefficient (Wildman–Crippen LogP) is 2.68. The molecular formula is C13H19NOS. The van der Waals surface area contributed by atoms with E-state index >= 15 is 0 Å². The fourth-order valence-electron chi connectivity index (χ4n) is 2.24. The average Bonchev–Trinajstić information content (AvgIpc) is 2.47. The van der Waals surface area contributed by atoms with E-state index in [1.54, 1.807) is 0 Å². The van der Waals surface area contributed by atoms with Crippen LogP contribution in [0.1, 0.15) is 24.5 Å². The highest BCUT2D eigenvalue weighted by molar-refractivity contribution is 7.98. The van der Waals surface area contributed by atoms with Crippen LogP contribution in [-0.2, 0) is 0 Å². The zero-order valence-electron chi connectivity index (χ0n) is 9.72. The van der Waals surface area contributed by atoms with E-state index in [1.807, 2.05) is 17.8 Å². The lowest BCUT2D eigenvalue weighted by molar-refractivity contribution is 0.168. The van der Waals surface area contributed by atoms with Crippen LogP contribution in [0.2, 0.25) is 0 Å². The van der Waals surface area contributed by atoms with Gasteiger partial charge in [0.05, 0.1) is 6.10 Å². The number of rotatable bonds is 3. The van der Waals surface area contributed by atoms with Crippen molar-refractivity contribution in [1.82, 2.24) is 0 Å². The van der Waals surface area contributed by atoms with Gasteiger partial charge < -0.3 is 10.0 Å². The van der Waals surface area contributed by atoms with Crippen LogP contribution in [0.5, 0.6) is 0 Å². The van der Waals surface area contributed by atoms with Crippen molar-refractivity contribution in [2.24, 2.45) is 0 Å². The predicted molar refractivity (Wildman–Crippen MR) is 71.2 cm³/mol. The maximum Gasteiger partial charge on any atom is 0.0810 e. The van der Waals surface area contributed by atoms with E-state index in [-0.39, 0.29) is 6.10 Å². The number of aliphatic hydroxyl groups is 1. The van der Waals surface area contributed by atoms with Gasteiger partial charge in [-0.3, -0.25) is 0 Å². The van der Waals surface area contributed by atoms with Gasteiger partial charge in [-0.1, -0.05) is 18.2 Å². The number of anilines is 1. The van der Waals surface area contributed by atoms with Crippen LogP contribution in [0.15, 0.2) is 24.3 Å². The molecule has 0 spiro atoms. The summed E-state index contributed by atoms with van der Waals surface area (Å²) in [6.07, 6.45) is 3.81. The Balaban J connectivity index is 2.24. The standard InChI is InChI=1S/C13H19NOS/c1-16-10-9-14-8-4-7-13(15)11-5-2-3-6-12(11)14/h2-3,5-6,13,15H,4,7-10H2,1H3.